The summed E-state index contributed by atoms with van der Waals surface area (Å²) >= 11 is 0. The Labute approximate surface area is 80.8 Å². The molecular formula is C11H20N2. The molecule has 0 aromatic rings. The van der Waals surface area contributed by atoms with E-state index < -0.39 is 0 Å². The summed E-state index contributed by atoms with van der Waals surface area (Å²) in [5.74, 6) is 0.891. The first-order valence-electron chi connectivity index (χ1n) is 5.74. The minimum absolute atomic E-state index is 0.665. The van der Waals surface area contributed by atoms with Crippen LogP contribution in [0, 0.1) is 5.92 Å². The molecule has 1 atom stereocenters. The lowest BCUT2D eigenvalue weighted by molar-refractivity contribution is 0.302. The molecule has 0 amide bonds. The summed E-state index contributed by atoms with van der Waals surface area (Å²) in [6, 6.07) is 0.665. The minimum Gasteiger partial charge on any atom is -0.307 e. The van der Waals surface area contributed by atoms with Gasteiger partial charge < -0.3 is 5.43 Å². The summed E-state index contributed by atoms with van der Waals surface area (Å²) in [6.45, 7) is 0. The molecule has 74 valence electrons. The van der Waals surface area contributed by atoms with Crippen LogP contribution in [0.25, 0.3) is 0 Å². The van der Waals surface area contributed by atoms with Crippen LogP contribution in [0.4, 0.5) is 0 Å². The van der Waals surface area contributed by atoms with E-state index in [4.69, 9.17) is 0 Å². The van der Waals surface area contributed by atoms with Crippen molar-refractivity contribution in [3.05, 3.63) is 0 Å². The maximum atomic E-state index is 4.12. The maximum absolute atomic E-state index is 4.12. The van der Waals surface area contributed by atoms with Crippen LogP contribution < -0.4 is 5.43 Å². The fourth-order valence-electron chi connectivity index (χ4n) is 2.56. The van der Waals surface area contributed by atoms with Gasteiger partial charge in [0.15, 0.2) is 0 Å². The van der Waals surface area contributed by atoms with Crippen LogP contribution >= 0.6 is 0 Å². The number of nitrogens with zero attached hydrogens (tertiary/aromatic N) is 1. The predicted molar refractivity (Wildman–Crippen MR) is 55.8 cm³/mol. The average molecular weight is 180 g/mol. The van der Waals surface area contributed by atoms with Gasteiger partial charge in [0.05, 0.1) is 6.04 Å². The lowest BCUT2D eigenvalue weighted by atomic mass is 9.85. The van der Waals surface area contributed by atoms with Gasteiger partial charge in [0, 0.05) is 12.6 Å². The summed E-state index contributed by atoms with van der Waals surface area (Å²) in [6.07, 6.45) is 13.2. The van der Waals surface area contributed by atoms with E-state index >= 15 is 0 Å². The summed E-state index contributed by atoms with van der Waals surface area (Å²) in [7, 11) is 0. The Bertz CT molecular complexity index is 161. The minimum atomic E-state index is 0.665. The highest BCUT2D eigenvalue weighted by Gasteiger charge is 2.22. The molecule has 1 saturated carbocycles. The first-order valence-corrected chi connectivity index (χ1v) is 5.74. The smallest absolute Gasteiger partial charge is 0.0518 e. The number of hydrogen-bond acceptors (Lipinski definition) is 2. The second kappa shape index (κ2) is 4.64. The highest BCUT2D eigenvalue weighted by atomic mass is 15.3. The molecule has 2 rings (SSSR count). The third-order valence-corrected chi connectivity index (χ3v) is 3.41. The van der Waals surface area contributed by atoms with Gasteiger partial charge >= 0.3 is 0 Å². The van der Waals surface area contributed by atoms with Gasteiger partial charge in [0.2, 0.25) is 0 Å². The molecule has 1 unspecified atom stereocenters. The van der Waals surface area contributed by atoms with Crippen LogP contribution in [-0.4, -0.2) is 12.3 Å². The van der Waals surface area contributed by atoms with Gasteiger partial charge in [-0.05, 0) is 18.8 Å². The number of hydrogen-bond donors (Lipinski definition) is 1. The van der Waals surface area contributed by atoms with Gasteiger partial charge in [-0.15, -0.1) is 0 Å². The monoisotopic (exact) mass is 180 g/mol. The highest BCUT2D eigenvalue weighted by Crippen LogP contribution is 2.26. The molecule has 0 aromatic heterocycles. The topological polar surface area (TPSA) is 24.4 Å². The van der Waals surface area contributed by atoms with Gasteiger partial charge in [0.1, 0.15) is 0 Å². The Morgan fingerprint density at radius 2 is 1.69 bits per heavy atom. The summed E-state index contributed by atoms with van der Waals surface area (Å²) in [4.78, 5) is 0. The van der Waals surface area contributed by atoms with Gasteiger partial charge in [-0.2, -0.15) is 5.10 Å². The van der Waals surface area contributed by atoms with Crippen molar-refractivity contribution < 1.29 is 0 Å². The number of hydrazone groups is 1. The first-order chi connectivity index (χ1) is 6.47. The quantitative estimate of drug-likeness (QED) is 0.659. The molecule has 0 radical (unpaired) electrons. The summed E-state index contributed by atoms with van der Waals surface area (Å²) in [5.41, 5.74) is 3.24. The maximum Gasteiger partial charge on any atom is 0.0518 e. The lowest BCUT2D eigenvalue weighted by Gasteiger charge is -2.24. The van der Waals surface area contributed by atoms with E-state index in [1.165, 1.54) is 44.9 Å². The van der Waals surface area contributed by atoms with E-state index in [-0.39, 0.29) is 0 Å². The van der Waals surface area contributed by atoms with Crippen LogP contribution in [0.5, 0.6) is 0 Å². The summed E-state index contributed by atoms with van der Waals surface area (Å²) in [5, 5.41) is 4.12. The van der Waals surface area contributed by atoms with Crippen LogP contribution in [0.2, 0.25) is 0 Å². The molecule has 0 bridgehead atoms. The standard InChI is InChI=1S/C11H20N2/c1-2-4-6-10(7-5-3-1)11-8-9-12-13-11/h9-11,13H,1-8H2. The molecule has 1 fully saturated rings. The van der Waals surface area contributed by atoms with Crippen molar-refractivity contribution in [2.45, 2.75) is 57.4 Å². The molecule has 2 aliphatic rings. The van der Waals surface area contributed by atoms with Crippen LogP contribution in [0.3, 0.4) is 0 Å². The van der Waals surface area contributed by atoms with Crippen molar-refractivity contribution in [3.8, 4) is 0 Å². The third kappa shape index (κ3) is 2.45. The first kappa shape index (κ1) is 9.04. The second-order valence-electron chi connectivity index (χ2n) is 4.39. The Hall–Kier alpha value is -0.530. The molecule has 1 heterocycles. The van der Waals surface area contributed by atoms with Crippen LogP contribution in [-0.2, 0) is 0 Å². The zero-order valence-corrected chi connectivity index (χ0v) is 8.34. The van der Waals surface area contributed by atoms with Gasteiger partial charge in [-0.3, -0.25) is 0 Å². The molecule has 1 N–H and O–H groups in total. The van der Waals surface area contributed by atoms with Gasteiger partial charge in [-0.25, -0.2) is 0 Å². The van der Waals surface area contributed by atoms with E-state index in [1.807, 2.05) is 6.21 Å². The molecule has 2 nitrogen and oxygen atoms in total. The van der Waals surface area contributed by atoms with Crippen molar-refractivity contribution in [1.29, 1.82) is 0 Å². The predicted octanol–water partition coefficient (Wildman–Crippen LogP) is 2.69. The Balaban J connectivity index is 1.81. The molecule has 13 heavy (non-hydrogen) atoms. The zero-order valence-electron chi connectivity index (χ0n) is 8.34. The lowest BCUT2D eigenvalue weighted by Crippen LogP contribution is -2.29. The average Bonchev–Trinajstić information content (AvgIpc) is 2.55. The molecule has 0 aromatic carbocycles. The highest BCUT2D eigenvalue weighted by molar-refractivity contribution is 5.59. The van der Waals surface area contributed by atoms with E-state index in [2.05, 4.69) is 10.5 Å². The van der Waals surface area contributed by atoms with Crippen molar-refractivity contribution in [2.24, 2.45) is 11.0 Å². The van der Waals surface area contributed by atoms with Gasteiger partial charge in [-0.1, -0.05) is 32.1 Å². The Morgan fingerprint density at radius 1 is 1.00 bits per heavy atom. The normalized spacial score (nSPS) is 30.9. The number of rotatable bonds is 1. The molecule has 2 heteroatoms. The fraction of sp³-hybridized carbons (Fsp3) is 0.909. The van der Waals surface area contributed by atoms with E-state index in [0.717, 1.165) is 12.3 Å². The Morgan fingerprint density at radius 3 is 2.31 bits per heavy atom. The Kier molecular flexibility index (Phi) is 3.22. The molecule has 0 saturated heterocycles. The molecule has 1 aliphatic carbocycles. The molecular weight excluding hydrogens is 160 g/mol. The van der Waals surface area contributed by atoms with Crippen LogP contribution in [0.15, 0.2) is 5.10 Å². The fourth-order valence-corrected chi connectivity index (χ4v) is 2.56. The van der Waals surface area contributed by atoms with E-state index in [1.54, 1.807) is 0 Å². The van der Waals surface area contributed by atoms with Crippen molar-refractivity contribution >= 4 is 6.21 Å². The molecule has 1 aliphatic heterocycles. The summed E-state index contributed by atoms with van der Waals surface area (Å²) < 4.78 is 0. The van der Waals surface area contributed by atoms with E-state index in [9.17, 15) is 0 Å². The van der Waals surface area contributed by atoms with Crippen molar-refractivity contribution in [2.75, 3.05) is 0 Å². The SMILES string of the molecule is C1=NNC(C2CCCCCCC2)C1. The van der Waals surface area contributed by atoms with Crippen molar-refractivity contribution in [1.82, 2.24) is 5.43 Å². The molecule has 0 spiro atoms. The van der Waals surface area contributed by atoms with Crippen LogP contribution in [0.1, 0.15) is 51.4 Å². The zero-order chi connectivity index (χ0) is 8.93. The second-order valence-corrected chi connectivity index (χ2v) is 4.39. The van der Waals surface area contributed by atoms with Crippen molar-refractivity contribution in [3.63, 3.8) is 0 Å². The van der Waals surface area contributed by atoms with Gasteiger partial charge in [0.25, 0.3) is 0 Å². The third-order valence-electron chi connectivity index (χ3n) is 3.41. The van der Waals surface area contributed by atoms with E-state index in [0.29, 0.717) is 6.04 Å². The largest absolute Gasteiger partial charge is 0.307 e. The number of nitrogens with one attached hydrogen (secondary N) is 1.